The summed E-state index contributed by atoms with van der Waals surface area (Å²) >= 11 is 0. The zero-order chi connectivity index (χ0) is 10.2. The molecule has 1 aromatic heterocycles. The second kappa shape index (κ2) is 6.15. The molecule has 5 nitrogen and oxygen atoms in total. The number of carbonyl (C=O) groups is 1. The van der Waals surface area contributed by atoms with Crippen LogP contribution in [0.3, 0.4) is 0 Å². The second-order valence-electron chi connectivity index (χ2n) is 3.09. The fourth-order valence-electron chi connectivity index (χ4n) is 1.16. The molecule has 5 heteroatoms. The molecule has 0 aromatic carbocycles. The summed E-state index contributed by atoms with van der Waals surface area (Å²) in [6.07, 6.45) is 6.46. The number of rotatable bonds is 6. The third kappa shape index (κ3) is 4.04. The highest BCUT2D eigenvalue weighted by Crippen LogP contribution is 1.98. The number of unbranched alkanes of at least 4 members (excludes halogenated alkanes) is 1. The number of aromatic amines is 1. The molecule has 0 aliphatic heterocycles. The third-order valence-corrected chi connectivity index (χ3v) is 1.94. The number of aromatic nitrogens is 2. The van der Waals surface area contributed by atoms with Gasteiger partial charge >= 0.3 is 0 Å². The molecular formula is C9H16N4O. The van der Waals surface area contributed by atoms with Gasteiger partial charge in [0.05, 0.1) is 12.9 Å². The van der Waals surface area contributed by atoms with Crippen LogP contribution in [-0.4, -0.2) is 29.0 Å². The van der Waals surface area contributed by atoms with Crippen molar-refractivity contribution in [2.45, 2.75) is 19.3 Å². The van der Waals surface area contributed by atoms with Gasteiger partial charge in [-0.3, -0.25) is 4.79 Å². The smallest absolute Gasteiger partial charge is 0.233 e. The first-order valence-electron chi connectivity index (χ1n) is 4.77. The zero-order valence-corrected chi connectivity index (χ0v) is 8.12. The Morgan fingerprint density at radius 1 is 1.57 bits per heavy atom. The number of hydrogen-bond acceptors (Lipinski definition) is 3. The van der Waals surface area contributed by atoms with E-state index in [0.29, 0.717) is 6.54 Å². The van der Waals surface area contributed by atoms with E-state index in [9.17, 15) is 4.79 Å². The number of nitrogens with one attached hydrogen (secondary N) is 2. The van der Waals surface area contributed by atoms with Crippen LogP contribution >= 0.6 is 0 Å². The van der Waals surface area contributed by atoms with E-state index in [1.165, 1.54) is 0 Å². The van der Waals surface area contributed by atoms with Gasteiger partial charge in [-0.15, -0.1) is 0 Å². The normalized spacial score (nSPS) is 10.1. The van der Waals surface area contributed by atoms with Crippen LogP contribution in [0, 0.1) is 0 Å². The molecule has 0 aliphatic rings. The van der Waals surface area contributed by atoms with E-state index < -0.39 is 0 Å². The van der Waals surface area contributed by atoms with Gasteiger partial charge in [0, 0.05) is 18.4 Å². The molecule has 0 spiro atoms. The molecule has 78 valence electrons. The number of aryl methyl sites for hydroxylation is 1. The Kier molecular flexibility index (Phi) is 4.71. The average molecular weight is 196 g/mol. The molecule has 0 bridgehead atoms. The van der Waals surface area contributed by atoms with Crippen LogP contribution in [0.4, 0.5) is 0 Å². The number of nitrogens with two attached hydrogens (primary N) is 1. The predicted molar refractivity (Wildman–Crippen MR) is 53.6 cm³/mol. The number of hydrogen-bond donors (Lipinski definition) is 3. The Morgan fingerprint density at radius 2 is 2.43 bits per heavy atom. The summed E-state index contributed by atoms with van der Waals surface area (Å²) in [7, 11) is 0. The van der Waals surface area contributed by atoms with Crippen molar-refractivity contribution in [1.29, 1.82) is 0 Å². The van der Waals surface area contributed by atoms with Crippen molar-refractivity contribution in [3.8, 4) is 0 Å². The lowest BCUT2D eigenvalue weighted by atomic mass is 10.2. The first kappa shape index (κ1) is 10.7. The van der Waals surface area contributed by atoms with Crippen molar-refractivity contribution in [3.05, 3.63) is 18.2 Å². The molecule has 1 heterocycles. The van der Waals surface area contributed by atoms with Gasteiger partial charge in [-0.2, -0.15) is 0 Å². The van der Waals surface area contributed by atoms with E-state index in [1.807, 2.05) is 6.20 Å². The van der Waals surface area contributed by atoms with E-state index in [4.69, 9.17) is 5.73 Å². The maximum atomic E-state index is 10.8. The number of nitrogens with zero attached hydrogens (tertiary/aromatic N) is 1. The van der Waals surface area contributed by atoms with Crippen LogP contribution in [0.1, 0.15) is 18.5 Å². The molecule has 0 radical (unpaired) electrons. The Bertz CT molecular complexity index is 258. The second-order valence-corrected chi connectivity index (χ2v) is 3.09. The Hall–Kier alpha value is -1.36. The molecule has 0 atom stereocenters. The molecule has 0 saturated heterocycles. The van der Waals surface area contributed by atoms with Crippen LogP contribution in [0.25, 0.3) is 0 Å². The van der Waals surface area contributed by atoms with Crippen LogP contribution in [0.2, 0.25) is 0 Å². The maximum Gasteiger partial charge on any atom is 0.233 e. The van der Waals surface area contributed by atoms with Gasteiger partial charge in [-0.1, -0.05) is 0 Å². The van der Waals surface area contributed by atoms with Crippen molar-refractivity contribution in [2.75, 3.05) is 13.1 Å². The molecule has 0 saturated carbocycles. The highest BCUT2D eigenvalue weighted by Gasteiger charge is 1.96. The molecule has 14 heavy (non-hydrogen) atoms. The minimum absolute atomic E-state index is 0.0700. The fraction of sp³-hybridized carbons (Fsp3) is 0.556. The zero-order valence-electron chi connectivity index (χ0n) is 8.12. The van der Waals surface area contributed by atoms with Crippen molar-refractivity contribution in [1.82, 2.24) is 15.3 Å². The third-order valence-electron chi connectivity index (χ3n) is 1.94. The van der Waals surface area contributed by atoms with Crippen LogP contribution < -0.4 is 11.1 Å². The fourth-order valence-corrected chi connectivity index (χ4v) is 1.16. The number of H-pyrrole nitrogens is 1. The van der Waals surface area contributed by atoms with Gasteiger partial charge in [-0.05, 0) is 19.3 Å². The van der Waals surface area contributed by atoms with Gasteiger partial charge < -0.3 is 16.0 Å². The molecule has 4 N–H and O–H groups in total. The standard InChI is InChI=1S/C9H16N4O/c10-5-9(14)12-4-2-1-3-8-6-11-7-13-8/h6-7H,1-5,10H2,(H,11,13)(H,12,14). The highest BCUT2D eigenvalue weighted by molar-refractivity contribution is 5.77. The molecule has 0 aliphatic carbocycles. The van der Waals surface area contributed by atoms with Crippen LogP contribution in [0.5, 0.6) is 0 Å². The van der Waals surface area contributed by atoms with E-state index in [2.05, 4.69) is 15.3 Å². The van der Waals surface area contributed by atoms with Crippen LogP contribution in [-0.2, 0) is 11.2 Å². The lowest BCUT2D eigenvalue weighted by Gasteiger charge is -2.02. The molecule has 1 aromatic rings. The quantitative estimate of drug-likeness (QED) is 0.551. The first-order valence-corrected chi connectivity index (χ1v) is 4.77. The molecular weight excluding hydrogens is 180 g/mol. The largest absolute Gasteiger partial charge is 0.355 e. The Morgan fingerprint density at radius 3 is 3.07 bits per heavy atom. The Balaban J connectivity index is 1.97. The predicted octanol–water partition coefficient (Wildman–Crippen LogP) is -0.193. The minimum Gasteiger partial charge on any atom is -0.355 e. The summed E-state index contributed by atoms with van der Waals surface area (Å²) in [5, 5.41) is 2.72. The number of imidazole rings is 1. The van der Waals surface area contributed by atoms with Crippen molar-refractivity contribution < 1.29 is 4.79 Å². The monoisotopic (exact) mass is 196 g/mol. The first-order chi connectivity index (χ1) is 6.83. The summed E-state index contributed by atoms with van der Waals surface area (Å²) < 4.78 is 0. The maximum absolute atomic E-state index is 10.8. The van der Waals surface area contributed by atoms with E-state index in [1.54, 1.807) is 6.33 Å². The number of amides is 1. The average Bonchev–Trinajstić information content (AvgIpc) is 2.69. The van der Waals surface area contributed by atoms with Gasteiger partial charge in [0.15, 0.2) is 0 Å². The summed E-state index contributed by atoms with van der Waals surface area (Å²) in [5.74, 6) is -0.0912. The highest BCUT2D eigenvalue weighted by atomic mass is 16.1. The topological polar surface area (TPSA) is 83.8 Å². The molecule has 1 rings (SSSR count). The molecule has 1 amide bonds. The van der Waals surface area contributed by atoms with Gasteiger partial charge in [0.25, 0.3) is 0 Å². The summed E-state index contributed by atoms with van der Waals surface area (Å²) in [5.41, 5.74) is 6.27. The van der Waals surface area contributed by atoms with Crippen LogP contribution in [0.15, 0.2) is 12.5 Å². The lowest BCUT2D eigenvalue weighted by molar-refractivity contribution is -0.119. The molecule has 0 unspecified atom stereocenters. The van der Waals surface area contributed by atoms with E-state index in [-0.39, 0.29) is 12.5 Å². The lowest BCUT2D eigenvalue weighted by Crippen LogP contribution is -2.30. The van der Waals surface area contributed by atoms with E-state index in [0.717, 1.165) is 25.0 Å². The van der Waals surface area contributed by atoms with Gasteiger partial charge in [0.2, 0.25) is 5.91 Å². The van der Waals surface area contributed by atoms with Gasteiger partial charge in [0.1, 0.15) is 0 Å². The van der Waals surface area contributed by atoms with Crippen molar-refractivity contribution in [3.63, 3.8) is 0 Å². The summed E-state index contributed by atoms with van der Waals surface area (Å²) in [6, 6.07) is 0. The SMILES string of the molecule is NCC(=O)NCCCCc1cnc[nH]1. The minimum atomic E-state index is -0.0912. The summed E-state index contributed by atoms with van der Waals surface area (Å²) in [6.45, 7) is 0.769. The molecule has 0 fully saturated rings. The Labute approximate surface area is 83.1 Å². The van der Waals surface area contributed by atoms with E-state index >= 15 is 0 Å². The van der Waals surface area contributed by atoms with Crippen molar-refractivity contribution >= 4 is 5.91 Å². The van der Waals surface area contributed by atoms with Crippen molar-refractivity contribution in [2.24, 2.45) is 5.73 Å². The summed E-state index contributed by atoms with van der Waals surface area (Å²) in [4.78, 5) is 17.7. The number of carbonyl (C=O) groups excluding carboxylic acids is 1. The van der Waals surface area contributed by atoms with Gasteiger partial charge in [-0.25, -0.2) is 4.98 Å².